The minimum Gasteiger partial charge on any atom is -0.452 e. The van der Waals surface area contributed by atoms with Crippen LogP contribution in [0.25, 0.3) is 16.8 Å². The van der Waals surface area contributed by atoms with Crippen molar-refractivity contribution in [1.82, 2.24) is 9.78 Å². The Labute approximate surface area is 210 Å². The minimum absolute atomic E-state index is 0.405. The number of carbonyl (C=O) groups excluding carboxylic acids is 2. The summed E-state index contributed by atoms with van der Waals surface area (Å²) in [6.45, 7) is 1.91. The summed E-state index contributed by atoms with van der Waals surface area (Å²) >= 11 is 9.92. The average Bonchev–Trinajstić information content (AvgIpc) is 3.10. The van der Waals surface area contributed by atoms with Crippen LogP contribution in [0, 0.1) is 6.92 Å². The van der Waals surface area contributed by atoms with E-state index in [1.165, 1.54) is 6.08 Å². The first-order valence-corrected chi connectivity index (χ1v) is 11.7. The normalized spacial score (nSPS) is 11.1. The van der Waals surface area contributed by atoms with Crippen LogP contribution in [0.15, 0.2) is 77.3 Å². The lowest BCUT2D eigenvalue weighted by Gasteiger charge is -2.08. The Morgan fingerprint density at radius 2 is 1.82 bits per heavy atom. The van der Waals surface area contributed by atoms with Gasteiger partial charge in [-0.1, -0.05) is 66.2 Å². The topological polar surface area (TPSA) is 73.2 Å². The number of halogens is 2. The maximum Gasteiger partial charge on any atom is 0.331 e. The lowest BCUT2D eigenvalue weighted by atomic mass is 10.0. The molecule has 0 saturated heterocycles. The zero-order valence-electron chi connectivity index (χ0n) is 18.3. The first-order chi connectivity index (χ1) is 16.4. The molecule has 172 valence electrons. The van der Waals surface area contributed by atoms with Gasteiger partial charge in [0.2, 0.25) is 0 Å². The summed E-state index contributed by atoms with van der Waals surface area (Å²) in [4.78, 5) is 24.2. The van der Waals surface area contributed by atoms with Gasteiger partial charge in [0.15, 0.2) is 6.61 Å². The van der Waals surface area contributed by atoms with Gasteiger partial charge in [0, 0.05) is 16.1 Å². The van der Waals surface area contributed by atoms with Gasteiger partial charge in [0.1, 0.15) is 5.15 Å². The zero-order valence-corrected chi connectivity index (χ0v) is 20.6. The fourth-order valence-electron chi connectivity index (χ4n) is 3.54. The molecule has 0 aliphatic carbocycles. The summed E-state index contributed by atoms with van der Waals surface area (Å²) in [5, 5.41) is 9.91. The summed E-state index contributed by atoms with van der Waals surface area (Å²) in [7, 11) is 0. The number of nitrogens with zero attached hydrogens (tertiary/aromatic N) is 2. The second-order valence-electron chi connectivity index (χ2n) is 7.55. The number of aromatic nitrogens is 2. The van der Waals surface area contributed by atoms with Gasteiger partial charge in [-0.25, -0.2) is 9.48 Å². The molecule has 0 spiro atoms. The Hall–Kier alpha value is -3.42. The van der Waals surface area contributed by atoms with Gasteiger partial charge in [-0.3, -0.25) is 4.79 Å². The summed E-state index contributed by atoms with van der Waals surface area (Å²) in [5.41, 5.74) is 2.99. The van der Waals surface area contributed by atoms with Crippen molar-refractivity contribution >= 4 is 61.9 Å². The summed E-state index contributed by atoms with van der Waals surface area (Å²) in [6.07, 6.45) is 2.79. The van der Waals surface area contributed by atoms with E-state index in [-0.39, 0.29) is 0 Å². The highest BCUT2D eigenvalue weighted by Gasteiger charge is 2.14. The number of amides is 1. The average molecular weight is 539 g/mol. The Kier molecular flexibility index (Phi) is 7.45. The van der Waals surface area contributed by atoms with Crippen molar-refractivity contribution in [3.8, 4) is 0 Å². The van der Waals surface area contributed by atoms with Gasteiger partial charge in [-0.05, 0) is 57.4 Å². The number of carbonyl (C=O) groups is 2. The fraction of sp³-hybridized carbons (Fsp3) is 0.115. The van der Waals surface area contributed by atoms with Gasteiger partial charge in [0.05, 0.1) is 17.9 Å². The van der Waals surface area contributed by atoms with Crippen molar-refractivity contribution in [2.24, 2.45) is 0 Å². The standard InChI is InChI=1S/C26H21BrClN3O3/c1-17-20(13-14-25(33)34-16-24(32)29-23-12-5-4-11-22(23)27)26(28)31(30-17)15-19-9-6-8-18-7-2-3-10-21(18)19/h2-14H,15-16H2,1H3,(H,29,32)/b14-13+. The zero-order chi connectivity index (χ0) is 24.1. The number of fused-ring (bicyclic) bond motifs is 1. The van der Waals surface area contributed by atoms with E-state index < -0.39 is 18.5 Å². The number of ether oxygens (including phenoxy) is 1. The highest BCUT2D eigenvalue weighted by molar-refractivity contribution is 9.10. The quantitative estimate of drug-likeness (QED) is 0.231. The molecule has 0 fully saturated rings. The highest BCUT2D eigenvalue weighted by atomic mass is 79.9. The molecule has 1 N–H and O–H groups in total. The van der Waals surface area contributed by atoms with Crippen LogP contribution in [-0.2, 0) is 20.9 Å². The SMILES string of the molecule is Cc1nn(Cc2cccc3ccccc23)c(Cl)c1/C=C/C(=O)OCC(=O)Nc1ccccc1Br. The molecular weight excluding hydrogens is 518 g/mol. The first kappa shape index (κ1) is 23.7. The predicted octanol–water partition coefficient (Wildman–Crippen LogP) is 6.00. The van der Waals surface area contributed by atoms with Crippen LogP contribution in [0.2, 0.25) is 5.15 Å². The molecular formula is C26H21BrClN3O3. The van der Waals surface area contributed by atoms with E-state index in [4.69, 9.17) is 16.3 Å². The van der Waals surface area contributed by atoms with Crippen molar-refractivity contribution < 1.29 is 14.3 Å². The van der Waals surface area contributed by atoms with Crippen molar-refractivity contribution in [1.29, 1.82) is 0 Å². The number of para-hydroxylation sites is 1. The largest absolute Gasteiger partial charge is 0.452 e. The van der Waals surface area contributed by atoms with Crippen LogP contribution in [-0.4, -0.2) is 28.3 Å². The van der Waals surface area contributed by atoms with Gasteiger partial charge >= 0.3 is 5.97 Å². The lowest BCUT2D eigenvalue weighted by Crippen LogP contribution is -2.20. The van der Waals surface area contributed by atoms with Gasteiger partial charge in [-0.15, -0.1) is 0 Å². The van der Waals surface area contributed by atoms with Crippen LogP contribution in [0.3, 0.4) is 0 Å². The monoisotopic (exact) mass is 537 g/mol. The van der Waals surface area contributed by atoms with E-state index >= 15 is 0 Å². The van der Waals surface area contributed by atoms with E-state index in [2.05, 4.69) is 44.5 Å². The molecule has 3 aromatic carbocycles. The smallest absolute Gasteiger partial charge is 0.331 e. The van der Waals surface area contributed by atoms with Crippen molar-refractivity contribution in [3.05, 3.63) is 99.3 Å². The molecule has 0 aliphatic heterocycles. The van der Waals surface area contributed by atoms with E-state index in [9.17, 15) is 9.59 Å². The number of hydrogen-bond donors (Lipinski definition) is 1. The molecule has 8 heteroatoms. The molecule has 0 bridgehead atoms. The maximum atomic E-state index is 12.1. The number of benzene rings is 3. The molecule has 1 amide bonds. The van der Waals surface area contributed by atoms with E-state index in [0.717, 1.165) is 20.8 Å². The summed E-state index contributed by atoms with van der Waals surface area (Å²) in [6, 6.07) is 21.4. The first-order valence-electron chi connectivity index (χ1n) is 10.5. The summed E-state index contributed by atoms with van der Waals surface area (Å²) < 4.78 is 7.48. The van der Waals surface area contributed by atoms with Gasteiger partial charge in [0.25, 0.3) is 5.91 Å². The van der Waals surface area contributed by atoms with E-state index in [0.29, 0.717) is 28.6 Å². The molecule has 0 atom stereocenters. The third-order valence-corrected chi connectivity index (χ3v) is 6.28. The number of esters is 1. The van der Waals surface area contributed by atoms with Crippen molar-refractivity contribution in [2.75, 3.05) is 11.9 Å². The van der Waals surface area contributed by atoms with Crippen LogP contribution in [0.1, 0.15) is 16.8 Å². The minimum atomic E-state index is -0.653. The van der Waals surface area contributed by atoms with Gasteiger partial charge < -0.3 is 10.1 Å². The van der Waals surface area contributed by atoms with Crippen LogP contribution < -0.4 is 5.32 Å². The number of rotatable bonds is 7. The molecule has 0 unspecified atom stereocenters. The van der Waals surface area contributed by atoms with E-state index in [1.807, 2.05) is 37.3 Å². The lowest BCUT2D eigenvalue weighted by molar-refractivity contribution is -0.142. The predicted molar refractivity (Wildman–Crippen MR) is 138 cm³/mol. The molecule has 6 nitrogen and oxygen atoms in total. The number of nitrogens with one attached hydrogen (secondary N) is 1. The molecule has 4 rings (SSSR count). The third-order valence-electron chi connectivity index (χ3n) is 5.19. The Balaban J connectivity index is 1.40. The molecule has 0 saturated carbocycles. The summed E-state index contributed by atoms with van der Waals surface area (Å²) in [5.74, 6) is -1.09. The number of hydrogen-bond acceptors (Lipinski definition) is 4. The second-order valence-corrected chi connectivity index (χ2v) is 8.77. The molecule has 34 heavy (non-hydrogen) atoms. The Morgan fingerprint density at radius 1 is 1.09 bits per heavy atom. The van der Waals surface area contributed by atoms with Crippen LogP contribution in [0.5, 0.6) is 0 Å². The molecule has 4 aromatic rings. The van der Waals surface area contributed by atoms with Gasteiger partial charge in [-0.2, -0.15) is 5.10 Å². The Bertz CT molecular complexity index is 1390. The number of anilines is 1. The second kappa shape index (κ2) is 10.7. The number of aryl methyl sites for hydroxylation is 1. The molecule has 0 aliphatic rings. The fourth-order valence-corrected chi connectivity index (χ4v) is 4.22. The molecule has 0 radical (unpaired) electrons. The highest BCUT2D eigenvalue weighted by Crippen LogP contribution is 2.25. The molecule has 1 aromatic heterocycles. The van der Waals surface area contributed by atoms with Crippen molar-refractivity contribution in [3.63, 3.8) is 0 Å². The maximum absolute atomic E-state index is 12.1. The molecule has 1 heterocycles. The Morgan fingerprint density at radius 3 is 2.65 bits per heavy atom. The third kappa shape index (κ3) is 5.55. The van der Waals surface area contributed by atoms with Crippen molar-refractivity contribution in [2.45, 2.75) is 13.5 Å². The van der Waals surface area contributed by atoms with E-state index in [1.54, 1.807) is 29.0 Å². The van der Waals surface area contributed by atoms with Crippen LogP contribution in [0.4, 0.5) is 5.69 Å². The van der Waals surface area contributed by atoms with Crippen LogP contribution >= 0.6 is 27.5 Å².